The second-order valence-corrected chi connectivity index (χ2v) is 15.8. The minimum Gasteiger partial charge on any atom is -0.465 e. The molecule has 3 saturated heterocycles. The number of amides is 1. The molecule has 0 radical (unpaired) electrons. The predicted octanol–water partition coefficient (Wildman–Crippen LogP) is 7.74. The first-order chi connectivity index (χ1) is 23.4. The van der Waals surface area contributed by atoms with Crippen molar-refractivity contribution in [2.45, 2.75) is 53.1 Å². The molecule has 9 heteroatoms. The normalized spacial score (nSPS) is 20.4. The van der Waals surface area contributed by atoms with Gasteiger partial charge in [-0.05, 0) is 108 Å². The predicted molar refractivity (Wildman–Crippen MR) is 196 cm³/mol. The topological polar surface area (TPSA) is 76.6 Å². The van der Waals surface area contributed by atoms with Crippen LogP contribution in [0.3, 0.4) is 0 Å². The molecule has 49 heavy (non-hydrogen) atoms. The number of anilines is 1. The quantitative estimate of drug-likeness (QED) is 0.255. The number of hydrogen-bond donors (Lipinski definition) is 1. The number of ether oxygens (including phenoxy) is 1. The molecule has 1 spiro atoms. The minimum absolute atomic E-state index is 0.0588. The Morgan fingerprint density at radius 1 is 0.837 bits per heavy atom. The molecule has 3 aromatic carbocycles. The van der Waals surface area contributed by atoms with E-state index in [1.165, 1.54) is 29.4 Å². The van der Waals surface area contributed by atoms with E-state index in [1.807, 2.05) is 36.4 Å². The van der Waals surface area contributed by atoms with Crippen LogP contribution >= 0.6 is 11.6 Å². The molecule has 1 N–H and O–H groups in total. The summed E-state index contributed by atoms with van der Waals surface area (Å²) in [7, 11) is 1.41. The Kier molecular flexibility index (Phi) is 10.6. The van der Waals surface area contributed by atoms with Gasteiger partial charge in [0.15, 0.2) is 0 Å². The number of carbonyl (C=O) groups excluding carboxylic acids is 1. The molecule has 262 valence electrons. The lowest BCUT2D eigenvalue weighted by Crippen LogP contribution is -2.56. The van der Waals surface area contributed by atoms with Crippen LogP contribution in [-0.2, 0) is 17.8 Å². The maximum absolute atomic E-state index is 11.9. The number of carbonyl (C=O) groups is 2. The summed E-state index contributed by atoms with van der Waals surface area (Å²) < 4.78 is 4.85. The van der Waals surface area contributed by atoms with Gasteiger partial charge in [-0.2, -0.15) is 0 Å². The molecule has 3 aliphatic rings. The Bertz CT molecular complexity index is 1600. The minimum atomic E-state index is -0.784. The maximum atomic E-state index is 11.9. The molecule has 1 amide bonds. The second kappa shape index (κ2) is 14.7. The lowest BCUT2D eigenvalue weighted by atomic mass is 9.57. The molecule has 0 aromatic heterocycles. The number of esters is 1. The molecule has 3 fully saturated rings. The van der Waals surface area contributed by atoms with Crippen LogP contribution in [0.25, 0.3) is 11.1 Å². The largest absolute Gasteiger partial charge is 0.465 e. The SMILES string of the molecule is COC(=O)c1ccc(N2CCN(Cc3cc(CN4CCC5(CC4)CCN(C(=O)O)CC5C(C)(C)C)ccc3-c3ccc(Cl)cc3)CC2)cc1. The van der Waals surface area contributed by atoms with Crippen LogP contribution in [0.1, 0.15) is 61.5 Å². The fourth-order valence-electron chi connectivity index (χ4n) is 8.54. The number of piperazine rings is 1. The second-order valence-electron chi connectivity index (χ2n) is 15.3. The van der Waals surface area contributed by atoms with Crippen LogP contribution in [0.5, 0.6) is 0 Å². The molecule has 6 rings (SSSR count). The van der Waals surface area contributed by atoms with Crippen LogP contribution in [0.4, 0.5) is 10.5 Å². The zero-order chi connectivity index (χ0) is 34.8. The molecule has 3 aromatic rings. The Balaban J connectivity index is 1.13. The first-order valence-electron chi connectivity index (χ1n) is 17.7. The number of piperidine rings is 2. The average molecular weight is 687 g/mol. The summed E-state index contributed by atoms with van der Waals surface area (Å²) in [5.74, 6) is 0.0451. The van der Waals surface area contributed by atoms with Crippen LogP contribution in [0, 0.1) is 16.7 Å². The number of halogens is 1. The third-order valence-corrected chi connectivity index (χ3v) is 11.6. The molecule has 0 saturated carbocycles. The van der Waals surface area contributed by atoms with E-state index < -0.39 is 6.09 Å². The van der Waals surface area contributed by atoms with Gasteiger partial charge in [0, 0.05) is 63.1 Å². The van der Waals surface area contributed by atoms with E-state index in [0.717, 1.165) is 82.3 Å². The highest BCUT2D eigenvalue weighted by atomic mass is 35.5. The molecule has 8 nitrogen and oxygen atoms in total. The fraction of sp³-hybridized carbons (Fsp3) is 0.500. The van der Waals surface area contributed by atoms with E-state index in [4.69, 9.17) is 16.3 Å². The van der Waals surface area contributed by atoms with E-state index in [9.17, 15) is 14.7 Å². The van der Waals surface area contributed by atoms with Crippen molar-refractivity contribution in [2.75, 3.05) is 64.4 Å². The zero-order valence-electron chi connectivity index (χ0n) is 29.5. The highest BCUT2D eigenvalue weighted by Crippen LogP contribution is 2.52. The number of likely N-dealkylation sites (tertiary alicyclic amines) is 2. The zero-order valence-corrected chi connectivity index (χ0v) is 30.2. The number of carboxylic acid groups (broad SMARTS) is 1. The van der Waals surface area contributed by atoms with E-state index in [-0.39, 0.29) is 16.8 Å². The summed E-state index contributed by atoms with van der Waals surface area (Å²) in [6.45, 7) is 15.7. The number of hydrogen-bond acceptors (Lipinski definition) is 6. The van der Waals surface area contributed by atoms with E-state index in [1.54, 1.807) is 4.90 Å². The molecule has 0 bridgehead atoms. The van der Waals surface area contributed by atoms with Crippen molar-refractivity contribution in [3.8, 4) is 11.1 Å². The van der Waals surface area contributed by atoms with Crippen LogP contribution in [0.15, 0.2) is 66.7 Å². The van der Waals surface area contributed by atoms with Crippen molar-refractivity contribution >= 4 is 29.4 Å². The van der Waals surface area contributed by atoms with E-state index >= 15 is 0 Å². The highest BCUT2D eigenvalue weighted by molar-refractivity contribution is 6.30. The average Bonchev–Trinajstić information content (AvgIpc) is 3.09. The van der Waals surface area contributed by atoms with Crippen LogP contribution in [-0.4, -0.2) is 91.3 Å². The molecule has 3 aliphatic heterocycles. The third-order valence-electron chi connectivity index (χ3n) is 11.3. The summed E-state index contributed by atoms with van der Waals surface area (Å²) >= 11 is 6.26. The van der Waals surface area contributed by atoms with Crippen LogP contribution < -0.4 is 4.90 Å². The standard InChI is InChI=1S/C40H51ClN4O4/c1-39(2,3)36-28-45(38(47)48)20-17-40(36)15-18-42(19-16-40)26-29-5-14-35(30-6-10-33(41)11-7-30)32(25-29)27-43-21-23-44(24-22-43)34-12-8-31(9-13-34)37(46)49-4/h5-14,25,36H,15-24,26-28H2,1-4H3,(H,47,48). The smallest absolute Gasteiger partial charge is 0.407 e. The van der Waals surface area contributed by atoms with Gasteiger partial charge in [-0.1, -0.05) is 62.7 Å². The summed E-state index contributed by atoms with van der Waals surface area (Å²) in [5.41, 5.74) is 7.05. The molecule has 0 aliphatic carbocycles. The van der Waals surface area contributed by atoms with Crippen molar-refractivity contribution < 1.29 is 19.4 Å². The van der Waals surface area contributed by atoms with Gasteiger partial charge in [0.2, 0.25) is 0 Å². The first-order valence-corrected chi connectivity index (χ1v) is 18.1. The van der Waals surface area contributed by atoms with Gasteiger partial charge in [-0.15, -0.1) is 0 Å². The molecular weight excluding hydrogens is 636 g/mol. The molecule has 1 atom stereocenters. The highest BCUT2D eigenvalue weighted by Gasteiger charge is 2.49. The van der Waals surface area contributed by atoms with Gasteiger partial charge in [-0.25, -0.2) is 9.59 Å². The van der Waals surface area contributed by atoms with Crippen LogP contribution in [0.2, 0.25) is 5.02 Å². The summed E-state index contributed by atoms with van der Waals surface area (Å²) in [6, 6.07) is 22.8. The van der Waals surface area contributed by atoms with E-state index in [2.05, 4.69) is 65.8 Å². The lowest BCUT2D eigenvalue weighted by molar-refractivity contribution is -0.0606. The monoisotopic (exact) mass is 686 g/mol. The van der Waals surface area contributed by atoms with Gasteiger partial charge in [0.05, 0.1) is 12.7 Å². The van der Waals surface area contributed by atoms with Gasteiger partial charge in [-0.3, -0.25) is 9.80 Å². The Hall–Kier alpha value is -3.59. The summed E-state index contributed by atoms with van der Waals surface area (Å²) in [5, 5.41) is 10.5. The number of methoxy groups -OCH3 is 1. The van der Waals surface area contributed by atoms with E-state index in [0.29, 0.717) is 24.6 Å². The van der Waals surface area contributed by atoms with Crippen molar-refractivity contribution in [1.29, 1.82) is 0 Å². The fourth-order valence-corrected chi connectivity index (χ4v) is 8.66. The molecule has 3 heterocycles. The first kappa shape index (κ1) is 35.2. The van der Waals surface area contributed by atoms with Gasteiger partial charge < -0.3 is 19.6 Å². The number of nitrogens with zero attached hydrogens (tertiary/aromatic N) is 4. The summed E-state index contributed by atoms with van der Waals surface area (Å²) in [6.07, 6.45) is 2.41. The Morgan fingerprint density at radius 2 is 1.47 bits per heavy atom. The van der Waals surface area contributed by atoms with Crippen molar-refractivity contribution in [2.24, 2.45) is 16.7 Å². The van der Waals surface area contributed by atoms with Crippen molar-refractivity contribution in [3.05, 3.63) is 88.4 Å². The molecular formula is C40H51ClN4O4. The van der Waals surface area contributed by atoms with Gasteiger partial charge >= 0.3 is 12.1 Å². The molecule has 1 unspecified atom stereocenters. The van der Waals surface area contributed by atoms with Crippen molar-refractivity contribution in [1.82, 2.24) is 14.7 Å². The maximum Gasteiger partial charge on any atom is 0.407 e. The number of rotatable bonds is 7. The lowest BCUT2D eigenvalue weighted by Gasteiger charge is -2.55. The number of benzene rings is 3. The van der Waals surface area contributed by atoms with Gasteiger partial charge in [0.25, 0.3) is 0 Å². The van der Waals surface area contributed by atoms with Crippen molar-refractivity contribution in [3.63, 3.8) is 0 Å². The van der Waals surface area contributed by atoms with Gasteiger partial charge in [0.1, 0.15) is 0 Å². The Morgan fingerprint density at radius 3 is 2.08 bits per heavy atom. The Labute approximate surface area is 296 Å². The third kappa shape index (κ3) is 8.08. The summed E-state index contributed by atoms with van der Waals surface area (Å²) in [4.78, 5) is 32.9.